The fourth-order valence-corrected chi connectivity index (χ4v) is 4.48. The first-order chi connectivity index (χ1) is 15.3. The van der Waals surface area contributed by atoms with E-state index >= 15 is 0 Å². The smallest absolute Gasteiger partial charge is 0.332 e. The highest BCUT2D eigenvalue weighted by molar-refractivity contribution is 5.80. The zero-order chi connectivity index (χ0) is 22.8. The van der Waals surface area contributed by atoms with Gasteiger partial charge in [-0.3, -0.25) is 23.6 Å². The van der Waals surface area contributed by atoms with Crippen LogP contribution in [0.5, 0.6) is 0 Å². The average Bonchev–Trinajstić information content (AvgIpc) is 3.21. The summed E-state index contributed by atoms with van der Waals surface area (Å²) in [7, 11) is 3.07. The van der Waals surface area contributed by atoms with Crippen molar-refractivity contribution in [2.75, 3.05) is 19.6 Å². The van der Waals surface area contributed by atoms with Crippen LogP contribution in [0.3, 0.4) is 0 Å². The first kappa shape index (κ1) is 22.1. The Morgan fingerprint density at radius 1 is 1.03 bits per heavy atom. The Morgan fingerprint density at radius 3 is 2.41 bits per heavy atom. The number of nitrogens with zero attached hydrogens (tertiary/aromatic N) is 4. The lowest BCUT2D eigenvalue weighted by molar-refractivity contribution is -0.121. The van der Waals surface area contributed by atoms with Gasteiger partial charge in [0.25, 0.3) is 5.56 Å². The van der Waals surface area contributed by atoms with Crippen LogP contribution in [-0.2, 0) is 32.0 Å². The Hall–Kier alpha value is -3.13. The third kappa shape index (κ3) is 4.55. The van der Waals surface area contributed by atoms with E-state index in [9.17, 15) is 14.4 Å². The number of aryl methyl sites for hydroxylation is 2. The number of carbonyl (C=O) groups excluding carboxylic acids is 1. The van der Waals surface area contributed by atoms with Gasteiger partial charge in [-0.25, -0.2) is 4.79 Å². The van der Waals surface area contributed by atoms with Crippen LogP contribution in [0.4, 0.5) is 0 Å². The fraction of sp³-hybridized carbons (Fsp3) is 0.458. The van der Waals surface area contributed by atoms with Gasteiger partial charge in [0, 0.05) is 33.4 Å². The van der Waals surface area contributed by atoms with Crippen LogP contribution in [0.2, 0.25) is 0 Å². The van der Waals surface area contributed by atoms with Gasteiger partial charge in [-0.05, 0) is 50.4 Å². The summed E-state index contributed by atoms with van der Waals surface area (Å²) in [6.45, 7) is 5.86. The topological polar surface area (TPSA) is 81.3 Å². The molecule has 1 saturated heterocycles. The maximum Gasteiger partial charge on any atom is 0.332 e. The predicted molar refractivity (Wildman–Crippen MR) is 125 cm³/mol. The summed E-state index contributed by atoms with van der Waals surface area (Å²) in [6.07, 6.45) is 3.81. The number of piperidine rings is 1. The Kier molecular flexibility index (Phi) is 6.32. The Morgan fingerprint density at radius 2 is 1.72 bits per heavy atom. The van der Waals surface area contributed by atoms with Crippen molar-refractivity contribution in [3.63, 3.8) is 0 Å². The second-order valence-electron chi connectivity index (χ2n) is 8.90. The number of benzene rings is 1. The summed E-state index contributed by atoms with van der Waals surface area (Å²) in [5, 5.41) is 3.47. The van der Waals surface area contributed by atoms with Crippen LogP contribution in [0.25, 0.3) is 11.0 Å². The quantitative estimate of drug-likeness (QED) is 0.632. The molecule has 3 heterocycles. The zero-order valence-corrected chi connectivity index (χ0v) is 19.0. The van der Waals surface area contributed by atoms with E-state index in [-0.39, 0.29) is 18.0 Å². The van der Waals surface area contributed by atoms with Crippen LogP contribution in [0, 0.1) is 12.8 Å². The van der Waals surface area contributed by atoms with Crippen molar-refractivity contribution >= 4 is 16.9 Å². The first-order valence-electron chi connectivity index (χ1n) is 11.1. The molecule has 8 nitrogen and oxygen atoms in total. The van der Waals surface area contributed by atoms with Crippen LogP contribution in [-0.4, -0.2) is 44.1 Å². The van der Waals surface area contributed by atoms with E-state index in [4.69, 9.17) is 0 Å². The van der Waals surface area contributed by atoms with E-state index in [1.807, 2.05) is 0 Å². The predicted octanol–water partition coefficient (Wildman–Crippen LogP) is 1.38. The third-order valence-electron chi connectivity index (χ3n) is 6.50. The number of aromatic nitrogens is 3. The molecule has 0 bridgehead atoms. The highest BCUT2D eigenvalue weighted by Crippen LogP contribution is 2.19. The van der Waals surface area contributed by atoms with E-state index in [2.05, 4.69) is 41.4 Å². The van der Waals surface area contributed by atoms with Gasteiger partial charge in [0.05, 0.1) is 5.39 Å². The van der Waals surface area contributed by atoms with Crippen molar-refractivity contribution in [3.8, 4) is 0 Å². The fourth-order valence-electron chi connectivity index (χ4n) is 4.48. The molecular formula is C24H31N5O3. The van der Waals surface area contributed by atoms with Gasteiger partial charge < -0.3 is 9.88 Å². The van der Waals surface area contributed by atoms with E-state index < -0.39 is 5.69 Å². The van der Waals surface area contributed by atoms with E-state index in [1.165, 1.54) is 22.7 Å². The number of likely N-dealkylation sites (tertiary alicyclic amines) is 1. The monoisotopic (exact) mass is 437 g/mol. The second kappa shape index (κ2) is 9.16. The molecule has 170 valence electrons. The largest absolute Gasteiger partial charge is 0.354 e. The lowest BCUT2D eigenvalue weighted by atomic mass is 9.96. The number of hydrogen-bond donors (Lipinski definition) is 1. The summed E-state index contributed by atoms with van der Waals surface area (Å²) in [5.41, 5.74) is 2.34. The van der Waals surface area contributed by atoms with Crippen LogP contribution < -0.4 is 16.6 Å². The molecule has 0 unspecified atom stereocenters. The molecule has 0 saturated carbocycles. The summed E-state index contributed by atoms with van der Waals surface area (Å²) < 4.78 is 4.16. The highest BCUT2D eigenvalue weighted by atomic mass is 16.2. The van der Waals surface area contributed by atoms with Crippen LogP contribution >= 0.6 is 0 Å². The molecule has 1 aromatic carbocycles. The van der Waals surface area contributed by atoms with Gasteiger partial charge in [0.2, 0.25) is 5.91 Å². The molecule has 32 heavy (non-hydrogen) atoms. The Balaban J connectivity index is 1.29. The standard InChI is InChI=1S/C24H31N5O3/c1-17-4-6-19(7-5-17)15-28-11-8-18(9-12-28)14-25-21(30)16-29-13-10-20-22(29)26(2)24(32)27(3)23(20)31/h4-7,10,13,18H,8-9,11-12,14-16H2,1-3H3,(H,25,30). The van der Waals surface area contributed by atoms with Crippen LogP contribution in [0.15, 0.2) is 46.1 Å². The number of fused-ring (bicyclic) bond motifs is 1. The molecule has 0 radical (unpaired) electrons. The van der Waals surface area contributed by atoms with Crippen molar-refractivity contribution in [3.05, 3.63) is 68.5 Å². The van der Waals surface area contributed by atoms with Gasteiger partial charge in [-0.15, -0.1) is 0 Å². The summed E-state index contributed by atoms with van der Waals surface area (Å²) in [6, 6.07) is 10.4. The number of rotatable bonds is 6. The summed E-state index contributed by atoms with van der Waals surface area (Å²) in [4.78, 5) is 39.6. The molecule has 2 aromatic heterocycles. The summed E-state index contributed by atoms with van der Waals surface area (Å²) >= 11 is 0. The Bertz CT molecular complexity index is 1230. The first-order valence-corrected chi connectivity index (χ1v) is 11.1. The van der Waals surface area contributed by atoms with E-state index in [0.717, 1.165) is 37.0 Å². The third-order valence-corrected chi connectivity index (χ3v) is 6.50. The van der Waals surface area contributed by atoms with Crippen molar-refractivity contribution in [2.45, 2.75) is 32.9 Å². The molecule has 0 spiro atoms. The zero-order valence-electron chi connectivity index (χ0n) is 19.0. The minimum Gasteiger partial charge on any atom is -0.354 e. The molecule has 1 aliphatic heterocycles. The van der Waals surface area contributed by atoms with Crippen molar-refractivity contribution in [1.82, 2.24) is 23.9 Å². The number of nitrogens with one attached hydrogen (secondary N) is 1. The SMILES string of the molecule is Cc1ccc(CN2CCC(CNC(=O)Cn3ccc4c(=O)n(C)c(=O)n(C)c43)CC2)cc1. The normalized spacial score (nSPS) is 15.3. The van der Waals surface area contributed by atoms with Gasteiger partial charge in [-0.2, -0.15) is 0 Å². The molecule has 1 amide bonds. The number of amides is 1. The molecule has 4 rings (SSSR count). The molecule has 0 atom stereocenters. The van der Waals surface area contributed by atoms with Gasteiger partial charge >= 0.3 is 5.69 Å². The molecule has 1 N–H and O–H groups in total. The van der Waals surface area contributed by atoms with Crippen molar-refractivity contribution < 1.29 is 4.79 Å². The molecule has 8 heteroatoms. The highest BCUT2D eigenvalue weighted by Gasteiger charge is 2.20. The molecule has 1 fully saturated rings. The minimum atomic E-state index is -0.403. The minimum absolute atomic E-state index is 0.0796. The molecule has 0 aliphatic carbocycles. The molecule has 1 aliphatic rings. The average molecular weight is 438 g/mol. The van der Waals surface area contributed by atoms with Crippen LogP contribution in [0.1, 0.15) is 24.0 Å². The van der Waals surface area contributed by atoms with Gasteiger partial charge in [0.1, 0.15) is 12.2 Å². The van der Waals surface area contributed by atoms with E-state index in [0.29, 0.717) is 23.5 Å². The lowest BCUT2D eigenvalue weighted by Crippen LogP contribution is -2.39. The van der Waals surface area contributed by atoms with E-state index in [1.54, 1.807) is 23.9 Å². The van der Waals surface area contributed by atoms with Gasteiger partial charge in [0.15, 0.2) is 0 Å². The second-order valence-corrected chi connectivity index (χ2v) is 8.90. The number of carbonyl (C=O) groups is 1. The maximum atomic E-state index is 12.6. The lowest BCUT2D eigenvalue weighted by Gasteiger charge is -2.32. The number of hydrogen-bond acceptors (Lipinski definition) is 4. The van der Waals surface area contributed by atoms with Crippen molar-refractivity contribution in [2.24, 2.45) is 20.0 Å². The van der Waals surface area contributed by atoms with Gasteiger partial charge in [-0.1, -0.05) is 29.8 Å². The molecule has 3 aromatic rings. The summed E-state index contributed by atoms with van der Waals surface area (Å²) in [5.74, 6) is 0.351. The Labute approximate surface area is 187 Å². The molecular weight excluding hydrogens is 406 g/mol. The van der Waals surface area contributed by atoms with Crippen molar-refractivity contribution in [1.29, 1.82) is 0 Å². The maximum absolute atomic E-state index is 12.6.